The van der Waals surface area contributed by atoms with E-state index in [1.807, 2.05) is 48.1 Å². The summed E-state index contributed by atoms with van der Waals surface area (Å²) in [5.41, 5.74) is 0.695. The maximum absolute atomic E-state index is 12.6. The topological polar surface area (TPSA) is 73.0 Å². The van der Waals surface area contributed by atoms with Gasteiger partial charge in [0.15, 0.2) is 0 Å². The molecule has 154 valence electrons. The molecule has 2 heterocycles. The van der Waals surface area contributed by atoms with Crippen LogP contribution in [-0.2, 0) is 12.7 Å². The number of carbonyl (C=O) groups is 1. The van der Waals surface area contributed by atoms with Gasteiger partial charge < -0.3 is 14.4 Å². The van der Waals surface area contributed by atoms with E-state index in [2.05, 4.69) is 20.0 Å². The number of nitrogens with one attached hydrogen (secondary N) is 1. The molecule has 0 spiro atoms. The van der Waals surface area contributed by atoms with Crippen molar-refractivity contribution in [1.82, 2.24) is 20.0 Å². The number of aromatic nitrogens is 3. The zero-order valence-corrected chi connectivity index (χ0v) is 15.8. The maximum atomic E-state index is 12.6. The largest absolute Gasteiger partial charge is 0.471 e. The van der Waals surface area contributed by atoms with E-state index in [1.54, 1.807) is 0 Å². The lowest BCUT2D eigenvalue weighted by atomic mass is 10.1. The third-order valence-corrected chi connectivity index (χ3v) is 4.54. The second-order valence-corrected chi connectivity index (χ2v) is 6.96. The van der Waals surface area contributed by atoms with E-state index in [0.29, 0.717) is 17.7 Å². The number of hydrogen-bond acceptors (Lipinski definition) is 4. The summed E-state index contributed by atoms with van der Waals surface area (Å²) in [7, 11) is 0. The first-order valence-corrected chi connectivity index (χ1v) is 9.16. The molecule has 1 amide bonds. The van der Waals surface area contributed by atoms with Gasteiger partial charge in [0.25, 0.3) is 5.91 Å². The maximum Gasteiger partial charge on any atom is 0.471 e. The van der Waals surface area contributed by atoms with Gasteiger partial charge >= 0.3 is 12.1 Å². The lowest BCUT2D eigenvalue weighted by molar-refractivity contribution is -0.159. The van der Waals surface area contributed by atoms with Crippen LogP contribution in [0.25, 0.3) is 22.2 Å². The van der Waals surface area contributed by atoms with Crippen LogP contribution in [0.3, 0.4) is 0 Å². The highest BCUT2D eigenvalue weighted by molar-refractivity contribution is 5.94. The SMILES string of the molecule is C[C@H](Cn1cc2ccccc2c1)NC(=O)c1ccc(-c2noc(C(F)(F)F)n2)cc1. The molecule has 0 aliphatic carbocycles. The van der Waals surface area contributed by atoms with Crippen LogP contribution in [0.2, 0.25) is 0 Å². The van der Waals surface area contributed by atoms with Crippen molar-refractivity contribution in [2.75, 3.05) is 0 Å². The molecule has 1 atom stereocenters. The molecule has 2 aromatic heterocycles. The Bertz CT molecular complexity index is 1150. The van der Waals surface area contributed by atoms with Gasteiger partial charge in [-0.2, -0.15) is 18.2 Å². The quantitative estimate of drug-likeness (QED) is 0.521. The van der Waals surface area contributed by atoms with Crippen LogP contribution in [0.4, 0.5) is 13.2 Å². The van der Waals surface area contributed by atoms with Gasteiger partial charge in [0.05, 0.1) is 0 Å². The third kappa shape index (κ3) is 4.19. The van der Waals surface area contributed by atoms with Gasteiger partial charge in [-0.25, -0.2) is 0 Å². The predicted molar refractivity (Wildman–Crippen MR) is 104 cm³/mol. The molecule has 9 heteroatoms. The van der Waals surface area contributed by atoms with Crippen molar-refractivity contribution >= 4 is 16.7 Å². The Hall–Kier alpha value is -3.62. The van der Waals surface area contributed by atoms with E-state index in [0.717, 1.165) is 10.8 Å². The smallest absolute Gasteiger partial charge is 0.351 e. The van der Waals surface area contributed by atoms with Gasteiger partial charge in [-0.3, -0.25) is 4.79 Å². The van der Waals surface area contributed by atoms with Crippen LogP contribution in [0, 0.1) is 0 Å². The number of carbonyl (C=O) groups excluding carboxylic acids is 1. The number of nitrogens with zero attached hydrogens (tertiary/aromatic N) is 3. The Morgan fingerprint density at radius 2 is 1.73 bits per heavy atom. The fourth-order valence-corrected chi connectivity index (χ4v) is 3.14. The zero-order valence-electron chi connectivity index (χ0n) is 15.8. The third-order valence-electron chi connectivity index (χ3n) is 4.54. The fourth-order valence-electron chi connectivity index (χ4n) is 3.14. The first-order chi connectivity index (χ1) is 14.3. The van der Waals surface area contributed by atoms with Crippen LogP contribution in [0.15, 0.2) is 65.4 Å². The lowest BCUT2D eigenvalue weighted by Crippen LogP contribution is -2.35. The first kappa shape index (κ1) is 19.7. The van der Waals surface area contributed by atoms with Crippen LogP contribution in [0.5, 0.6) is 0 Å². The fraction of sp³-hybridized carbons (Fsp3) is 0.190. The Kier molecular flexibility index (Phi) is 5.03. The molecule has 0 fully saturated rings. The van der Waals surface area contributed by atoms with Gasteiger partial charge in [-0.1, -0.05) is 41.6 Å². The minimum absolute atomic E-state index is 0.134. The van der Waals surface area contributed by atoms with Crippen LogP contribution >= 0.6 is 0 Å². The van der Waals surface area contributed by atoms with E-state index < -0.39 is 12.1 Å². The number of alkyl halides is 3. The number of rotatable bonds is 5. The molecule has 0 aliphatic rings. The molecule has 0 aliphatic heterocycles. The molecule has 1 N–H and O–H groups in total. The predicted octanol–water partition coefficient (Wildman–Crippen LogP) is 4.53. The number of hydrogen-bond donors (Lipinski definition) is 1. The van der Waals surface area contributed by atoms with Crippen molar-refractivity contribution in [3.05, 3.63) is 72.4 Å². The van der Waals surface area contributed by atoms with Gasteiger partial charge in [-0.15, -0.1) is 0 Å². The summed E-state index contributed by atoms with van der Waals surface area (Å²) in [5, 5.41) is 8.50. The summed E-state index contributed by atoms with van der Waals surface area (Å²) in [6.07, 6.45) is -0.660. The minimum Gasteiger partial charge on any atom is -0.351 e. The molecule has 6 nitrogen and oxygen atoms in total. The number of benzene rings is 2. The standard InChI is InChI=1S/C21H17F3N4O2/c1-13(10-28-11-16-4-2-3-5-17(16)12-28)25-19(29)15-8-6-14(7-9-15)18-26-20(30-27-18)21(22,23)24/h2-9,11-13H,10H2,1H3,(H,25,29)/t13-/m1/s1. The summed E-state index contributed by atoms with van der Waals surface area (Å²) < 4.78 is 44.0. The summed E-state index contributed by atoms with van der Waals surface area (Å²) in [5.74, 6) is -1.89. The van der Waals surface area contributed by atoms with E-state index in [4.69, 9.17) is 0 Å². The number of fused-ring (bicyclic) bond motifs is 1. The van der Waals surface area contributed by atoms with E-state index in [9.17, 15) is 18.0 Å². The molecule has 30 heavy (non-hydrogen) atoms. The molecule has 0 radical (unpaired) electrons. The molecule has 2 aromatic carbocycles. The van der Waals surface area contributed by atoms with Crippen molar-refractivity contribution in [2.24, 2.45) is 0 Å². The average molecular weight is 414 g/mol. The molecule has 0 saturated carbocycles. The Morgan fingerprint density at radius 3 is 2.30 bits per heavy atom. The van der Waals surface area contributed by atoms with E-state index in [-0.39, 0.29) is 17.8 Å². The highest BCUT2D eigenvalue weighted by Crippen LogP contribution is 2.29. The Balaban J connectivity index is 1.40. The lowest BCUT2D eigenvalue weighted by Gasteiger charge is -2.15. The number of halogens is 3. The molecule has 0 unspecified atom stereocenters. The van der Waals surface area contributed by atoms with Gasteiger partial charge in [0.1, 0.15) is 0 Å². The summed E-state index contributed by atoms with van der Waals surface area (Å²) >= 11 is 0. The molecular weight excluding hydrogens is 397 g/mol. The Morgan fingerprint density at radius 1 is 1.10 bits per heavy atom. The van der Waals surface area contributed by atoms with Crippen molar-refractivity contribution in [1.29, 1.82) is 0 Å². The monoisotopic (exact) mass is 414 g/mol. The summed E-state index contributed by atoms with van der Waals surface area (Å²) in [6, 6.07) is 13.8. The minimum atomic E-state index is -4.70. The number of amides is 1. The molecule has 0 bridgehead atoms. The van der Waals surface area contributed by atoms with Crippen molar-refractivity contribution in [3.8, 4) is 11.4 Å². The zero-order chi connectivity index (χ0) is 21.3. The van der Waals surface area contributed by atoms with Gasteiger partial charge in [0.2, 0.25) is 5.82 Å². The van der Waals surface area contributed by atoms with Gasteiger partial charge in [0, 0.05) is 36.1 Å². The molecular formula is C21H17F3N4O2. The molecule has 4 aromatic rings. The normalized spacial score (nSPS) is 12.8. The van der Waals surface area contributed by atoms with Crippen molar-refractivity contribution in [2.45, 2.75) is 25.7 Å². The van der Waals surface area contributed by atoms with Crippen molar-refractivity contribution in [3.63, 3.8) is 0 Å². The summed E-state index contributed by atoms with van der Waals surface area (Å²) in [4.78, 5) is 15.8. The average Bonchev–Trinajstić information content (AvgIpc) is 3.34. The molecule has 4 rings (SSSR count). The van der Waals surface area contributed by atoms with Crippen LogP contribution in [0.1, 0.15) is 23.2 Å². The highest BCUT2D eigenvalue weighted by Gasteiger charge is 2.38. The van der Waals surface area contributed by atoms with E-state index >= 15 is 0 Å². The van der Waals surface area contributed by atoms with Gasteiger partial charge in [-0.05, 0) is 29.8 Å². The summed E-state index contributed by atoms with van der Waals surface area (Å²) in [6.45, 7) is 2.50. The van der Waals surface area contributed by atoms with E-state index in [1.165, 1.54) is 24.3 Å². The highest BCUT2D eigenvalue weighted by atomic mass is 19.4. The van der Waals surface area contributed by atoms with Crippen molar-refractivity contribution < 1.29 is 22.5 Å². The second kappa shape index (κ2) is 7.66. The van der Waals surface area contributed by atoms with Crippen LogP contribution in [-0.4, -0.2) is 26.7 Å². The first-order valence-electron chi connectivity index (χ1n) is 9.16. The molecule has 0 saturated heterocycles. The van der Waals surface area contributed by atoms with Crippen LogP contribution < -0.4 is 5.32 Å². The Labute approximate surface area is 169 Å². The second-order valence-electron chi connectivity index (χ2n) is 6.96.